The summed E-state index contributed by atoms with van der Waals surface area (Å²) in [6.45, 7) is 0. The summed E-state index contributed by atoms with van der Waals surface area (Å²) in [6.07, 6.45) is 0. The number of rotatable bonds is 3. The lowest BCUT2D eigenvalue weighted by Gasteiger charge is -2.25. The number of hydrogen-bond acceptors (Lipinski definition) is 4. The van der Waals surface area contributed by atoms with Gasteiger partial charge in [-0.05, 0) is 54.2 Å². The van der Waals surface area contributed by atoms with Gasteiger partial charge in [0.15, 0.2) is 5.11 Å². The standard InChI is InChI=1S/C18H15ClN2O2S2/c1-23-14-8-6-13(7-9-14)20-16(22)15-10-25-17(21(15)18(20)24)11-2-4-12(19)5-3-11/h2-9,15,17H,10H2,1H3/t15-,17-/m0/s1. The number of thioether (sulfide) groups is 1. The van der Waals surface area contributed by atoms with Crippen molar-refractivity contribution in [1.82, 2.24) is 4.90 Å². The zero-order valence-electron chi connectivity index (χ0n) is 13.4. The molecule has 0 radical (unpaired) electrons. The van der Waals surface area contributed by atoms with Gasteiger partial charge in [-0.3, -0.25) is 9.69 Å². The molecule has 1 amide bonds. The number of ether oxygens (including phenoxy) is 1. The monoisotopic (exact) mass is 390 g/mol. The lowest BCUT2D eigenvalue weighted by Crippen LogP contribution is -2.33. The van der Waals surface area contributed by atoms with Gasteiger partial charge in [0.1, 0.15) is 17.2 Å². The molecule has 0 bridgehead atoms. The van der Waals surface area contributed by atoms with Gasteiger partial charge in [0.2, 0.25) is 0 Å². The molecule has 2 aromatic rings. The summed E-state index contributed by atoms with van der Waals surface area (Å²) in [5.41, 5.74) is 1.87. The average molecular weight is 391 g/mol. The van der Waals surface area contributed by atoms with Crippen LogP contribution in [0.15, 0.2) is 48.5 Å². The third-order valence-electron chi connectivity index (χ3n) is 4.40. The number of thiocarbonyl (C=S) groups is 1. The number of methoxy groups -OCH3 is 1. The van der Waals surface area contributed by atoms with Crippen LogP contribution < -0.4 is 9.64 Å². The molecule has 2 saturated heterocycles. The first-order chi connectivity index (χ1) is 12.1. The molecule has 0 saturated carbocycles. The number of halogens is 1. The van der Waals surface area contributed by atoms with Crippen molar-refractivity contribution in [1.29, 1.82) is 0 Å². The molecule has 2 fully saturated rings. The third-order valence-corrected chi connectivity index (χ3v) is 6.37. The topological polar surface area (TPSA) is 32.8 Å². The Morgan fingerprint density at radius 1 is 1.16 bits per heavy atom. The number of hydrogen-bond donors (Lipinski definition) is 0. The Balaban J connectivity index is 1.65. The molecular formula is C18H15ClN2O2S2. The van der Waals surface area contributed by atoms with E-state index in [-0.39, 0.29) is 17.3 Å². The number of carbonyl (C=O) groups excluding carboxylic acids is 1. The second kappa shape index (κ2) is 6.52. The first-order valence-corrected chi connectivity index (χ1v) is 9.61. The predicted octanol–water partition coefficient (Wildman–Crippen LogP) is 4.10. The van der Waals surface area contributed by atoms with Gasteiger partial charge >= 0.3 is 0 Å². The molecule has 2 aliphatic heterocycles. The lowest BCUT2D eigenvalue weighted by atomic mass is 10.2. The van der Waals surface area contributed by atoms with Crippen molar-refractivity contribution in [2.75, 3.05) is 17.8 Å². The summed E-state index contributed by atoms with van der Waals surface area (Å²) in [4.78, 5) is 16.6. The largest absolute Gasteiger partial charge is 0.497 e. The van der Waals surface area contributed by atoms with Gasteiger partial charge in [-0.15, -0.1) is 11.8 Å². The number of carbonyl (C=O) groups is 1. The SMILES string of the molecule is COc1ccc(N2C(=O)[C@@H]3CS[C@@H](c4ccc(Cl)cc4)N3C2=S)cc1. The Morgan fingerprint density at radius 2 is 1.84 bits per heavy atom. The van der Waals surface area contributed by atoms with Gasteiger partial charge in [0, 0.05) is 10.8 Å². The Kier molecular flexibility index (Phi) is 4.35. The highest BCUT2D eigenvalue weighted by molar-refractivity contribution is 7.99. The van der Waals surface area contributed by atoms with Gasteiger partial charge in [0.25, 0.3) is 5.91 Å². The van der Waals surface area contributed by atoms with Crippen molar-refractivity contribution in [2.24, 2.45) is 0 Å². The number of amides is 1. The van der Waals surface area contributed by atoms with Crippen LogP contribution in [-0.2, 0) is 4.79 Å². The third kappa shape index (κ3) is 2.78. The first kappa shape index (κ1) is 16.7. The van der Waals surface area contributed by atoms with E-state index in [0.29, 0.717) is 10.1 Å². The van der Waals surface area contributed by atoms with Crippen molar-refractivity contribution >= 4 is 52.3 Å². The van der Waals surface area contributed by atoms with E-state index < -0.39 is 0 Å². The molecule has 4 rings (SSSR count). The van der Waals surface area contributed by atoms with Crippen LogP contribution in [0, 0.1) is 0 Å². The first-order valence-electron chi connectivity index (χ1n) is 7.77. The molecule has 0 aliphatic carbocycles. The minimum Gasteiger partial charge on any atom is -0.497 e. The fourth-order valence-electron chi connectivity index (χ4n) is 3.14. The fourth-order valence-corrected chi connectivity index (χ4v) is 5.19. The van der Waals surface area contributed by atoms with E-state index >= 15 is 0 Å². The summed E-state index contributed by atoms with van der Waals surface area (Å²) in [7, 11) is 1.62. The highest BCUT2D eigenvalue weighted by Crippen LogP contribution is 2.46. The molecule has 2 aliphatic rings. The normalized spacial score (nSPS) is 22.5. The summed E-state index contributed by atoms with van der Waals surface area (Å²) in [5, 5.41) is 1.27. The summed E-state index contributed by atoms with van der Waals surface area (Å²) in [5.74, 6) is 1.49. The molecule has 0 N–H and O–H groups in total. The van der Waals surface area contributed by atoms with Gasteiger partial charge in [-0.1, -0.05) is 23.7 Å². The molecule has 7 heteroatoms. The number of nitrogens with zero attached hydrogens (tertiary/aromatic N) is 2. The fraction of sp³-hybridized carbons (Fsp3) is 0.222. The summed E-state index contributed by atoms with van der Waals surface area (Å²) >= 11 is 13.4. The molecule has 4 nitrogen and oxygen atoms in total. The lowest BCUT2D eigenvalue weighted by molar-refractivity contribution is -0.119. The van der Waals surface area contributed by atoms with Crippen molar-refractivity contribution in [3.8, 4) is 5.75 Å². The molecule has 0 aromatic heterocycles. The van der Waals surface area contributed by atoms with Gasteiger partial charge in [-0.2, -0.15) is 0 Å². The van der Waals surface area contributed by atoms with Crippen molar-refractivity contribution < 1.29 is 9.53 Å². The van der Waals surface area contributed by atoms with E-state index in [0.717, 1.165) is 22.8 Å². The van der Waals surface area contributed by atoms with Crippen LogP contribution in [0.1, 0.15) is 10.9 Å². The smallest absolute Gasteiger partial charge is 0.257 e. The molecule has 0 spiro atoms. The zero-order valence-corrected chi connectivity index (χ0v) is 15.8. The minimum atomic E-state index is -0.222. The van der Waals surface area contributed by atoms with Crippen molar-refractivity contribution in [3.05, 3.63) is 59.1 Å². The van der Waals surface area contributed by atoms with Crippen molar-refractivity contribution in [2.45, 2.75) is 11.4 Å². The number of anilines is 1. The summed E-state index contributed by atoms with van der Waals surface area (Å²) in [6, 6.07) is 14.9. The van der Waals surface area contributed by atoms with Crippen molar-refractivity contribution in [3.63, 3.8) is 0 Å². The van der Waals surface area contributed by atoms with Crippen LogP contribution in [-0.4, -0.2) is 34.8 Å². The highest BCUT2D eigenvalue weighted by atomic mass is 35.5. The van der Waals surface area contributed by atoms with E-state index in [1.54, 1.807) is 23.8 Å². The van der Waals surface area contributed by atoms with Crippen LogP contribution in [0.25, 0.3) is 0 Å². The molecule has 0 unspecified atom stereocenters. The highest BCUT2D eigenvalue weighted by Gasteiger charge is 2.50. The van der Waals surface area contributed by atoms with Crippen LogP contribution in [0.3, 0.4) is 0 Å². The van der Waals surface area contributed by atoms with E-state index in [4.69, 9.17) is 28.6 Å². The number of benzene rings is 2. The van der Waals surface area contributed by atoms with Crippen LogP contribution >= 0.6 is 35.6 Å². The minimum absolute atomic E-state index is 0.0270. The second-order valence-corrected chi connectivity index (χ2v) is 7.73. The Morgan fingerprint density at radius 3 is 2.48 bits per heavy atom. The zero-order chi connectivity index (χ0) is 17.6. The molecular weight excluding hydrogens is 376 g/mol. The van der Waals surface area contributed by atoms with E-state index in [9.17, 15) is 4.79 Å². The Hall–Kier alpha value is -1.76. The number of fused-ring (bicyclic) bond motifs is 1. The van der Waals surface area contributed by atoms with Gasteiger partial charge < -0.3 is 9.64 Å². The van der Waals surface area contributed by atoms with Gasteiger partial charge in [0.05, 0.1) is 12.8 Å². The summed E-state index contributed by atoms with van der Waals surface area (Å²) < 4.78 is 5.18. The van der Waals surface area contributed by atoms with E-state index in [1.807, 2.05) is 53.4 Å². The molecule has 2 atom stereocenters. The van der Waals surface area contributed by atoms with Gasteiger partial charge in [-0.25, -0.2) is 0 Å². The Labute approximate surface area is 160 Å². The molecule has 2 heterocycles. The maximum absolute atomic E-state index is 12.9. The molecule has 128 valence electrons. The average Bonchev–Trinajstić information content (AvgIpc) is 3.17. The molecule has 25 heavy (non-hydrogen) atoms. The quantitative estimate of drug-likeness (QED) is 0.737. The second-order valence-electron chi connectivity index (χ2n) is 5.81. The van der Waals surface area contributed by atoms with E-state index in [2.05, 4.69) is 0 Å². The Bertz CT molecular complexity index is 826. The van der Waals surface area contributed by atoms with E-state index in [1.165, 1.54) is 0 Å². The predicted molar refractivity (Wildman–Crippen MR) is 105 cm³/mol. The maximum atomic E-state index is 12.9. The van der Waals surface area contributed by atoms with Crippen LogP contribution in [0.4, 0.5) is 5.69 Å². The van der Waals surface area contributed by atoms with Crippen LogP contribution in [0.2, 0.25) is 5.02 Å². The molecule has 2 aromatic carbocycles. The maximum Gasteiger partial charge on any atom is 0.257 e. The van der Waals surface area contributed by atoms with Crippen LogP contribution in [0.5, 0.6) is 5.75 Å².